The first-order chi connectivity index (χ1) is 11.1. The molecule has 1 N–H and O–H groups in total. The molecule has 0 atom stereocenters. The zero-order chi connectivity index (χ0) is 16.7. The van der Waals surface area contributed by atoms with E-state index in [1.165, 1.54) is 0 Å². The normalized spacial score (nSPS) is 10.5. The van der Waals surface area contributed by atoms with E-state index in [0.29, 0.717) is 18.7 Å². The highest BCUT2D eigenvalue weighted by Gasteiger charge is 2.07. The van der Waals surface area contributed by atoms with Crippen molar-refractivity contribution in [1.82, 2.24) is 10.2 Å². The van der Waals surface area contributed by atoms with E-state index in [-0.39, 0.29) is 24.0 Å². The highest BCUT2D eigenvalue weighted by atomic mass is 127. The van der Waals surface area contributed by atoms with Gasteiger partial charge in [0.05, 0.1) is 11.6 Å². The zero-order valence-electron chi connectivity index (χ0n) is 13.7. The van der Waals surface area contributed by atoms with Gasteiger partial charge in [-0.3, -0.25) is 4.99 Å². The van der Waals surface area contributed by atoms with Gasteiger partial charge in [-0.1, -0.05) is 35.9 Å². The largest absolute Gasteiger partial charge is 0.352 e. The van der Waals surface area contributed by atoms with Gasteiger partial charge in [0.2, 0.25) is 0 Å². The number of hydrogen-bond acceptors (Lipinski definition) is 2. The van der Waals surface area contributed by atoms with Gasteiger partial charge in [-0.2, -0.15) is 5.26 Å². The molecule has 0 bridgehead atoms. The van der Waals surface area contributed by atoms with Crippen molar-refractivity contribution in [2.24, 2.45) is 4.99 Å². The van der Waals surface area contributed by atoms with E-state index in [1.807, 2.05) is 54.4 Å². The lowest BCUT2D eigenvalue weighted by atomic mass is 10.1. The number of nitrogens with zero attached hydrogens (tertiary/aromatic N) is 3. The molecule has 24 heavy (non-hydrogen) atoms. The third-order valence-corrected chi connectivity index (χ3v) is 3.62. The standard InChI is InChI=1S/C18H19ClN4.HI/c1-21-18(22-12-15-6-3-5-14(9-15)11-20)23(2)13-16-7-4-8-17(19)10-16;/h3-10H,12-13H2,1-2H3,(H,21,22);1H. The van der Waals surface area contributed by atoms with E-state index in [9.17, 15) is 0 Å². The fraction of sp³-hybridized carbons (Fsp3) is 0.222. The monoisotopic (exact) mass is 454 g/mol. The van der Waals surface area contributed by atoms with Crippen LogP contribution in [0.5, 0.6) is 0 Å². The third-order valence-electron chi connectivity index (χ3n) is 3.39. The van der Waals surface area contributed by atoms with Crippen molar-refractivity contribution in [3.63, 3.8) is 0 Å². The molecular weight excluding hydrogens is 435 g/mol. The minimum atomic E-state index is 0. The van der Waals surface area contributed by atoms with Crippen LogP contribution < -0.4 is 5.32 Å². The lowest BCUT2D eigenvalue weighted by molar-refractivity contribution is 0.476. The maximum Gasteiger partial charge on any atom is 0.193 e. The molecule has 126 valence electrons. The van der Waals surface area contributed by atoms with Crippen molar-refractivity contribution in [2.45, 2.75) is 13.1 Å². The number of rotatable bonds is 4. The number of nitriles is 1. The average molecular weight is 455 g/mol. The van der Waals surface area contributed by atoms with E-state index >= 15 is 0 Å². The van der Waals surface area contributed by atoms with Gasteiger partial charge in [-0.05, 0) is 35.4 Å². The predicted octanol–water partition coefficient (Wildman–Crippen LogP) is 4.04. The Kier molecular flexibility index (Phi) is 8.58. The van der Waals surface area contributed by atoms with Gasteiger partial charge >= 0.3 is 0 Å². The Morgan fingerprint density at radius 1 is 1.21 bits per heavy atom. The lowest BCUT2D eigenvalue weighted by Gasteiger charge is -2.22. The first kappa shape index (κ1) is 20.3. The Hall–Kier alpha value is -1.78. The summed E-state index contributed by atoms with van der Waals surface area (Å²) in [7, 11) is 3.73. The van der Waals surface area contributed by atoms with Crippen LogP contribution >= 0.6 is 35.6 Å². The molecule has 0 unspecified atom stereocenters. The highest BCUT2D eigenvalue weighted by molar-refractivity contribution is 14.0. The maximum absolute atomic E-state index is 8.95. The topological polar surface area (TPSA) is 51.4 Å². The van der Waals surface area contributed by atoms with Crippen LogP contribution in [0.15, 0.2) is 53.5 Å². The molecule has 2 aromatic carbocycles. The molecule has 0 amide bonds. The van der Waals surface area contributed by atoms with Crippen molar-refractivity contribution in [1.29, 1.82) is 5.26 Å². The summed E-state index contributed by atoms with van der Waals surface area (Å²) in [6.07, 6.45) is 0. The summed E-state index contributed by atoms with van der Waals surface area (Å²) in [5.74, 6) is 0.785. The minimum absolute atomic E-state index is 0. The molecule has 0 aliphatic heterocycles. The SMILES string of the molecule is CN=C(NCc1cccc(C#N)c1)N(C)Cc1cccc(Cl)c1.I. The number of halogens is 2. The van der Waals surface area contributed by atoms with Crippen LogP contribution in [-0.4, -0.2) is 25.0 Å². The van der Waals surface area contributed by atoms with E-state index < -0.39 is 0 Å². The Labute approximate surface area is 165 Å². The van der Waals surface area contributed by atoms with Crippen LogP contribution in [-0.2, 0) is 13.1 Å². The summed E-state index contributed by atoms with van der Waals surface area (Å²) in [5, 5.41) is 13.0. The molecule has 0 aliphatic rings. The molecule has 4 nitrogen and oxygen atoms in total. The van der Waals surface area contributed by atoms with Gasteiger partial charge in [-0.25, -0.2) is 0 Å². The van der Waals surface area contributed by atoms with Crippen molar-refractivity contribution >= 4 is 41.5 Å². The quantitative estimate of drug-likeness (QED) is 0.431. The zero-order valence-corrected chi connectivity index (χ0v) is 16.7. The summed E-state index contributed by atoms with van der Waals surface area (Å²) in [6.45, 7) is 1.32. The van der Waals surface area contributed by atoms with Gasteiger partial charge in [0.15, 0.2) is 5.96 Å². The van der Waals surface area contributed by atoms with E-state index in [0.717, 1.165) is 22.1 Å². The molecule has 6 heteroatoms. The number of benzene rings is 2. The number of aliphatic imine (C=N–C) groups is 1. The Balaban J connectivity index is 0.00000288. The van der Waals surface area contributed by atoms with Crippen LogP contribution in [0.2, 0.25) is 5.02 Å². The summed E-state index contributed by atoms with van der Waals surface area (Å²) in [6, 6.07) is 17.5. The molecule has 0 heterocycles. The van der Waals surface area contributed by atoms with E-state index in [1.54, 1.807) is 13.1 Å². The predicted molar refractivity (Wildman–Crippen MR) is 110 cm³/mol. The molecular formula is C18H20ClIN4. The van der Waals surface area contributed by atoms with Gasteiger partial charge < -0.3 is 10.2 Å². The molecule has 0 saturated heterocycles. The van der Waals surface area contributed by atoms with Crippen molar-refractivity contribution in [2.75, 3.05) is 14.1 Å². The number of hydrogen-bond donors (Lipinski definition) is 1. The molecule has 0 radical (unpaired) electrons. The lowest BCUT2D eigenvalue weighted by Crippen LogP contribution is -2.38. The first-order valence-electron chi connectivity index (χ1n) is 7.27. The van der Waals surface area contributed by atoms with Crippen LogP contribution in [0.3, 0.4) is 0 Å². The Morgan fingerprint density at radius 2 is 1.92 bits per heavy atom. The van der Waals surface area contributed by atoms with Crippen LogP contribution in [0, 0.1) is 11.3 Å². The third kappa shape index (κ3) is 6.02. The highest BCUT2D eigenvalue weighted by Crippen LogP contribution is 2.12. The Bertz CT molecular complexity index is 740. The minimum Gasteiger partial charge on any atom is -0.352 e. The number of guanidine groups is 1. The molecule has 0 spiro atoms. The summed E-state index contributed by atoms with van der Waals surface area (Å²) in [5.41, 5.74) is 2.82. The van der Waals surface area contributed by atoms with E-state index in [4.69, 9.17) is 16.9 Å². The molecule has 0 aromatic heterocycles. The fourth-order valence-electron chi connectivity index (χ4n) is 2.30. The second kappa shape index (κ2) is 10.2. The first-order valence-corrected chi connectivity index (χ1v) is 7.65. The maximum atomic E-state index is 8.95. The van der Waals surface area contributed by atoms with Gasteiger partial charge in [0.25, 0.3) is 0 Å². The van der Waals surface area contributed by atoms with E-state index in [2.05, 4.69) is 16.4 Å². The summed E-state index contributed by atoms with van der Waals surface area (Å²) < 4.78 is 0. The molecule has 0 aliphatic carbocycles. The molecule has 2 aromatic rings. The molecule has 2 rings (SSSR count). The van der Waals surface area contributed by atoms with Crippen molar-refractivity contribution < 1.29 is 0 Å². The second-order valence-electron chi connectivity index (χ2n) is 5.20. The van der Waals surface area contributed by atoms with Gasteiger partial charge in [-0.15, -0.1) is 24.0 Å². The van der Waals surface area contributed by atoms with Gasteiger partial charge in [0.1, 0.15) is 0 Å². The van der Waals surface area contributed by atoms with Crippen LogP contribution in [0.25, 0.3) is 0 Å². The van der Waals surface area contributed by atoms with Crippen LogP contribution in [0.4, 0.5) is 0 Å². The van der Waals surface area contributed by atoms with Crippen molar-refractivity contribution in [3.05, 3.63) is 70.2 Å². The molecule has 0 fully saturated rings. The number of nitrogens with one attached hydrogen (secondary N) is 1. The summed E-state index contributed by atoms with van der Waals surface area (Å²) in [4.78, 5) is 6.33. The fourth-order valence-corrected chi connectivity index (χ4v) is 2.51. The van der Waals surface area contributed by atoms with Crippen molar-refractivity contribution in [3.8, 4) is 6.07 Å². The second-order valence-corrected chi connectivity index (χ2v) is 5.64. The molecule has 0 saturated carbocycles. The summed E-state index contributed by atoms with van der Waals surface area (Å²) >= 11 is 6.02. The van der Waals surface area contributed by atoms with Gasteiger partial charge in [0, 0.05) is 32.2 Å². The van der Waals surface area contributed by atoms with Crippen LogP contribution in [0.1, 0.15) is 16.7 Å². The smallest absolute Gasteiger partial charge is 0.193 e. The average Bonchev–Trinajstić information content (AvgIpc) is 2.55. The Morgan fingerprint density at radius 3 is 2.58 bits per heavy atom.